The first-order valence-corrected chi connectivity index (χ1v) is 6.94. The number of methoxy groups -OCH3 is 2. The van der Waals surface area contributed by atoms with Crippen LogP contribution < -0.4 is 9.47 Å². The van der Waals surface area contributed by atoms with Crippen molar-refractivity contribution in [2.75, 3.05) is 14.2 Å². The van der Waals surface area contributed by atoms with Crippen molar-refractivity contribution in [1.29, 1.82) is 0 Å². The number of hydrogen-bond donors (Lipinski definition) is 0. The van der Waals surface area contributed by atoms with E-state index in [-0.39, 0.29) is 23.4 Å². The Kier molecular flexibility index (Phi) is 2.40. The number of ketones is 2. The zero-order chi connectivity index (χ0) is 14.7. The van der Waals surface area contributed by atoms with Gasteiger partial charge in [-0.1, -0.05) is 24.3 Å². The van der Waals surface area contributed by atoms with Crippen LogP contribution in [0.2, 0.25) is 0 Å². The number of carbonyl (C=O) groups is 2. The Balaban J connectivity index is 2.20. The van der Waals surface area contributed by atoms with Gasteiger partial charge in [-0.25, -0.2) is 0 Å². The summed E-state index contributed by atoms with van der Waals surface area (Å²) in [5.41, 5.74) is 0.800. The van der Waals surface area contributed by atoms with Crippen molar-refractivity contribution >= 4 is 22.3 Å². The van der Waals surface area contributed by atoms with E-state index in [0.717, 1.165) is 10.8 Å². The number of Topliss-reactive ketones (excluding diaryl/α,β-unsaturated/α-hetero) is 2. The summed E-state index contributed by atoms with van der Waals surface area (Å²) in [5, 5.41) is 1.60. The molecule has 4 rings (SSSR count). The molecule has 2 aromatic carbocycles. The summed E-state index contributed by atoms with van der Waals surface area (Å²) in [4.78, 5) is 25.2. The van der Waals surface area contributed by atoms with Gasteiger partial charge in [-0.2, -0.15) is 0 Å². The van der Waals surface area contributed by atoms with Crippen molar-refractivity contribution in [2.24, 2.45) is 11.8 Å². The summed E-state index contributed by atoms with van der Waals surface area (Å²) >= 11 is 0. The molecule has 0 saturated heterocycles. The summed E-state index contributed by atoms with van der Waals surface area (Å²) in [6, 6.07) is 7.53. The number of benzene rings is 2. The van der Waals surface area contributed by atoms with Gasteiger partial charge in [0.15, 0.2) is 11.6 Å². The fourth-order valence-corrected chi connectivity index (χ4v) is 3.42. The van der Waals surface area contributed by atoms with E-state index in [1.807, 2.05) is 24.3 Å². The summed E-state index contributed by atoms with van der Waals surface area (Å²) in [6.07, 6.45) is 0.648. The van der Waals surface area contributed by atoms with Gasteiger partial charge in [0.2, 0.25) is 0 Å². The minimum Gasteiger partial charge on any atom is -0.495 e. The van der Waals surface area contributed by atoms with E-state index < -0.39 is 0 Å². The van der Waals surface area contributed by atoms with Crippen LogP contribution in [0.15, 0.2) is 24.3 Å². The smallest absolute Gasteiger partial charge is 0.171 e. The lowest BCUT2D eigenvalue weighted by Gasteiger charge is -2.21. The van der Waals surface area contributed by atoms with Gasteiger partial charge in [0.1, 0.15) is 11.5 Å². The van der Waals surface area contributed by atoms with E-state index in [1.54, 1.807) is 0 Å². The van der Waals surface area contributed by atoms with Gasteiger partial charge in [-0.05, 0) is 6.42 Å². The van der Waals surface area contributed by atoms with Crippen molar-refractivity contribution in [3.63, 3.8) is 0 Å². The van der Waals surface area contributed by atoms with Crippen LogP contribution in [0.1, 0.15) is 27.1 Å². The maximum atomic E-state index is 12.6. The second kappa shape index (κ2) is 4.07. The molecule has 2 aliphatic rings. The Bertz CT molecular complexity index is 740. The quantitative estimate of drug-likeness (QED) is 0.850. The highest BCUT2D eigenvalue weighted by Crippen LogP contribution is 2.54. The molecule has 106 valence electrons. The van der Waals surface area contributed by atoms with Gasteiger partial charge in [0.05, 0.1) is 25.3 Å². The Morgan fingerprint density at radius 1 is 0.857 bits per heavy atom. The predicted octanol–water partition coefficient (Wildman–Crippen LogP) is 2.87. The minimum absolute atomic E-state index is 0.00973. The molecule has 0 bridgehead atoms. The lowest BCUT2D eigenvalue weighted by molar-refractivity contribution is 0.0873. The number of hydrogen-bond acceptors (Lipinski definition) is 4. The molecule has 0 radical (unpaired) electrons. The molecule has 0 amide bonds. The Labute approximate surface area is 121 Å². The number of fused-ring (bicyclic) bond motifs is 3. The van der Waals surface area contributed by atoms with E-state index in [4.69, 9.17) is 9.47 Å². The molecule has 1 saturated carbocycles. The monoisotopic (exact) mass is 282 g/mol. The maximum absolute atomic E-state index is 12.6. The van der Waals surface area contributed by atoms with Crippen LogP contribution in [0.4, 0.5) is 0 Å². The lowest BCUT2D eigenvalue weighted by Crippen LogP contribution is -2.22. The molecule has 0 N–H and O–H groups in total. The van der Waals surface area contributed by atoms with Crippen molar-refractivity contribution in [2.45, 2.75) is 6.42 Å². The number of rotatable bonds is 2. The molecular weight excluding hydrogens is 268 g/mol. The van der Waals surface area contributed by atoms with Crippen LogP contribution in [0.5, 0.6) is 11.5 Å². The fraction of sp³-hybridized carbons (Fsp3) is 0.294. The molecule has 1 fully saturated rings. The molecule has 2 aromatic rings. The van der Waals surface area contributed by atoms with Crippen molar-refractivity contribution < 1.29 is 19.1 Å². The molecule has 4 heteroatoms. The van der Waals surface area contributed by atoms with Gasteiger partial charge >= 0.3 is 0 Å². The zero-order valence-corrected chi connectivity index (χ0v) is 11.8. The van der Waals surface area contributed by atoms with E-state index in [9.17, 15) is 9.59 Å². The van der Waals surface area contributed by atoms with Gasteiger partial charge in [0.25, 0.3) is 0 Å². The molecule has 21 heavy (non-hydrogen) atoms. The fourth-order valence-electron chi connectivity index (χ4n) is 3.42. The third kappa shape index (κ3) is 1.45. The van der Waals surface area contributed by atoms with E-state index in [0.29, 0.717) is 29.0 Å². The normalized spacial score (nSPS) is 22.8. The van der Waals surface area contributed by atoms with Crippen LogP contribution in [0.25, 0.3) is 10.8 Å². The topological polar surface area (TPSA) is 52.6 Å². The molecule has 2 unspecified atom stereocenters. The van der Waals surface area contributed by atoms with Crippen LogP contribution in [0.3, 0.4) is 0 Å². The Morgan fingerprint density at radius 3 is 1.67 bits per heavy atom. The molecule has 2 atom stereocenters. The molecule has 4 nitrogen and oxygen atoms in total. The Morgan fingerprint density at radius 2 is 1.29 bits per heavy atom. The van der Waals surface area contributed by atoms with Crippen molar-refractivity contribution in [1.82, 2.24) is 0 Å². The predicted molar refractivity (Wildman–Crippen MR) is 77.3 cm³/mol. The molecule has 2 aliphatic carbocycles. The number of carbonyl (C=O) groups excluding carboxylic acids is 2. The highest BCUT2D eigenvalue weighted by Gasteiger charge is 2.55. The average Bonchev–Trinajstić information content (AvgIpc) is 3.31. The first-order chi connectivity index (χ1) is 10.2. The lowest BCUT2D eigenvalue weighted by atomic mass is 9.85. The molecule has 0 heterocycles. The Hall–Kier alpha value is -2.36. The summed E-state index contributed by atoms with van der Waals surface area (Å²) in [5.74, 6) is 0.677. The van der Waals surface area contributed by atoms with Crippen LogP contribution >= 0.6 is 0 Å². The average molecular weight is 282 g/mol. The first-order valence-electron chi connectivity index (χ1n) is 6.94. The van der Waals surface area contributed by atoms with E-state index in [1.165, 1.54) is 14.2 Å². The van der Waals surface area contributed by atoms with Gasteiger partial charge in [-0.3, -0.25) is 9.59 Å². The molecular formula is C17H14O4. The van der Waals surface area contributed by atoms with Crippen LogP contribution in [-0.4, -0.2) is 25.8 Å². The zero-order valence-electron chi connectivity index (χ0n) is 11.8. The minimum atomic E-state index is -0.162. The highest BCUT2D eigenvalue weighted by atomic mass is 16.5. The van der Waals surface area contributed by atoms with Crippen LogP contribution in [0, 0.1) is 11.8 Å². The molecule has 0 aromatic heterocycles. The summed E-state index contributed by atoms with van der Waals surface area (Å²) in [7, 11) is 3.07. The second-order valence-corrected chi connectivity index (χ2v) is 5.54. The SMILES string of the molecule is COc1c2c(c(OC)c3ccccc13)C(=O)C1CC1C2=O. The first kappa shape index (κ1) is 12.4. The highest BCUT2D eigenvalue weighted by molar-refractivity contribution is 6.24. The maximum Gasteiger partial charge on any atom is 0.171 e. The number of ether oxygens (including phenoxy) is 2. The second-order valence-electron chi connectivity index (χ2n) is 5.54. The largest absolute Gasteiger partial charge is 0.495 e. The summed E-state index contributed by atoms with van der Waals surface area (Å²) in [6.45, 7) is 0. The van der Waals surface area contributed by atoms with Crippen molar-refractivity contribution in [3.05, 3.63) is 35.4 Å². The third-order valence-corrected chi connectivity index (χ3v) is 4.49. The molecule has 0 aliphatic heterocycles. The molecule has 0 spiro atoms. The van der Waals surface area contributed by atoms with Crippen LogP contribution in [-0.2, 0) is 0 Å². The van der Waals surface area contributed by atoms with E-state index in [2.05, 4.69) is 0 Å². The van der Waals surface area contributed by atoms with Crippen molar-refractivity contribution in [3.8, 4) is 11.5 Å². The van der Waals surface area contributed by atoms with Gasteiger partial charge in [-0.15, -0.1) is 0 Å². The van der Waals surface area contributed by atoms with Gasteiger partial charge in [0, 0.05) is 22.6 Å². The third-order valence-electron chi connectivity index (χ3n) is 4.49. The van der Waals surface area contributed by atoms with E-state index >= 15 is 0 Å². The standard InChI is InChI=1S/C17H14O4/c1-20-16-8-5-3-4-6-9(8)17(21-2)13-12(16)14(18)10-7-11(10)15(13)19/h3-6,10-11H,7H2,1-2H3. The van der Waals surface area contributed by atoms with Gasteiger partial charge < -0.3 is 9.47 Å². The summed E-state index contributed by atoms with van der Waals surface area (Å²) < 4.78 is 11.0.